The number of hydrogen-bond acceptors (Lipinski definition) is 3. The number of nitrogens with zero attached hydrogens (tertiary/aromatic N) is 1. The summed E-state index contributed by atoms with van der Waals surface area (Å²) in [6.45, 7) is 2.07. The van der Waals surface area contributed by atoms with Crippen LogP contribution in [-0.4, -0.2) is 30.3 Å². The van der Waals surface area contributed by atoms with E-state index >= 15 is 0 Å². The number of hydrogen-bond donors (Lipinski definition) is 2. The first kappa shape index (κ1) is 13.6. The smallest absolute Gasteiger partial charge is 0.247 e. The van der Waals surface area contributed by atoms with Crippen molar-refractivity contribution in [3.63, 3.8) is 0 Å². The van der Waals surface area contributed by atoms with Crippen molar-refractivity contribution in [2.45, 2.75) is 32.2 Å². The molecule has 0 aromatic heterocycles. The number of anilines is 2. The van der Waals surface area contributed by atoms with Crippen LogP contribution in [-0.2, 0) is 20.8 Å². The van der Waals surface area contributed by atoms with Crippen molar-refractivity contribution in [1.82, 2.24) is 5.32 Å². The molecule has 2 aliphatic heterocycles. The highest BCUT2D eigenvalue weighted by molar-refractivity contribution is 6.06. The zero-order valence-electron chi connectivity index (χ0n) is 11.8. The van der Waals surface area contributed by atoms with Gasteiger partial charge >= 0.3 is 0 Å². The Morgan fingerprint density at radius 1 is 1.38 bits per heavy atom. The first-order valence-corrected chi connectivity index (χ1v) is 7.06. The monoisotopic (exact) mass is 287 g/mol. The first-order chi connectivity index (χ1) is 10.1. The molecule has 2 heterocycles. The lowest BCUT2D eigenvalue weighted by Gasteiger charge is -2.29. The molecule has 6 heteroatoms. The lowest BCUT2D eigenvalue weighted by molar-refractivity contribution is -0.125. The number of rotatable bonds is 2. The highest BCUT2D eigenvalue weighted by Gasteiger charge is 2.31. The maximum atomic E-state index is 12.1. The second kappa shape index (κ2) is 5.20. The van der Waals surface area contributed by atoms with Crippen LogP contribution in [0.2, 0.25) is 0 Å². The summed E-state index contributed by atoms with van der Waals surface area (Å²) in [5, 5.41) is 5.47. The van der Waals surface area contributed by atoms with E-state index < -0.39 is 6.04 Å². The maximum Gasteiger partial charge on any atom is 0.247 e. The molecule has 110 valence electrons. The third-order valence-corrected chi connectivity index (χ3v) is 3.86. The molecule has 0 spiro atoms. The molecule has 2 N–H and O–H groups in total. The summed E-state index contributed by atoms with van der Waals surface area (Å²) in [7, 11) is 0. The molecule has 1 aromatic carbocycles. The predicted molar refractivity (Wildman–Crippen MR) is 78.0 cm³/mol. The summed E-state index contributed by atoms with van der Waals surface area (Å²) in [5.74, 6) is -0.386. The molecule has 1 atom stereocenters. The van der Waals surface area contributed by atoms with E-state index in [0.717, 1.165) is 17.7 Å². The first-order valence-electron chi connectivity index (χ1n) is 7.06. The van der Waals surface area contributed by atoms with Crippen molar-refractivity contribution < 1.29 is 14.4 Å². The van der Waals surface area contributed by atoms with Gasteiger partial charge in [-0.1, -0.05) is 12.1 Å². The van der Waals surface area contributed by atoms with Crippen molar-refractivity contribution >= 4 is 29.1 Å². The zero-order chi connectivity index (χ0) is 15.0. The summed E-state index contributed by atoms with van der Waals surface area (Å²) < 4.78 is 0. The van der Waals surface area contributed by atoms with Crippen LogP contribution >= 0.6 is 0 Å². The van der Waals surface area contributed by atoms with Gasteiger partial charge in [-0.15, -0.1) is 0 Å². The van der Waals surface area contributed by atoms with Gasteiger partial charge in [-0.2, -0.15) is 0 Å². The molecule has 3 amide bonds. The van der Waals surface area contributed by atoms with Crippen LogP contribution in [0.1, 0.15) is 25.3 Å². The topological polar surface area (TPSA) is 78.5 Å². The molecule has 6 nitrogen and oxygen atoms in total. The van der Waals surface area contributed by atoms with E-state index in [0.29, 0.717) is 25.1 Å². The fraction of sp³-hybridized carbons (Fsp3) is 0.400. The van der Waals surface area contributed by atoms with Crippen LogP contribution in [0.3, 0.4) is 0 Å². The van der Waals surface area contributed by atoms with E-state index in [9.17, 15) is 14.4 Å². The standard InChI is InChI=1S/C15H17N3O3/c1-9(19)16-11-8-10-4-2-5-12(14(10)17-15(11)21)18-7-3-6-13(18)20/h2,4-5,11H,3,6-8H2,1H3,(H,16,19)(H,17,21). The maximum absolute atomic E-state index is 12.1. The van der Waals surface area contributed by atoms with Crippen LogP contribution in [0.25, 0.3) is 0 Å². The number of amides is 3. The molecule has 1 unspecified atom stereocenters. The third kappa shape index (κ3) is 2.49. The molecule has 3 rings (SSSR count). The van der Waals surface area contributed by atoms with Gasteiger partial charge in [0.2, 0.25) is 17.7 Å². The largest absolute Gasteiger partial charge is 0.344 e. The number of carbonyl (C=O) groups is 3. The van der Waals surface area contributed by atoms with Crippen LogP contribution in [0.4, 0.5) is 11.4 Å². The molecule has 0 radical (unpaired) electrons. The number of nitrogens with one attached hydrogen (secondary N) is 2. The summed E-state index contributed by atoms with van der Waals surface area (Å²) in [5.41, 5.74) is 2.38. The molecule has 0 saturated carbocycles. The summed E-state index contributed by atoms with van der Waals surface area (Å²) in [6.07, 6.45) is 1.83. The Morgan fingerprint density at radius 3 is 2.86 bits per heavy atom. The molecule has 0 bridgehead atoms. The minimum absolute atomic E-state index is 0.0848. The fourth-order valence-electron chi connectivity index (χ4n) is 2.91. The Labute approximate surface area is 122 Å². The second-order valence-electron chi connectivity index (χ2n) is 5.41. The van der Waals surface area contributed by atoms with Gasteiger partial charge in [0.05, 0.1) is 11.4 Å². The van der Waals surface area contributed by atoms with E-state index in [1.54, 1.807) is 4.90 Å². The fourth-order valence-corrected chi connectivity index (χ4v) is 2.91. The van der Waals surface area contributed by atoms with Gasteiger partial charge in [0.1, 0.15) is 6.04 Å². The Balaban J connectivity index is 1.93. The zero-order valence-corrected chi connectivity index (χ0v) is 11.8. The van der Waals surface area contributed by atoms with E-state index in [4.69, 9.17) is 0 Å². The summed E-state index contributed by atoms with van der Waals surface area (Å²) >= 11 is 0. The van der Waals surface area contributed by atoms with Crippen molar-refractivity contribution in [3.05, 3.63) is 23.8 Å². The molecular weight excluding hydrogens is 270 g/mol. The van der Waals surface area contributed by atoms with E-state index in [1.807, 2.05) is 18.2 Å². The SMILES string of the molecule is CC(=O)NC1Cc2cccc(N3CCCC3=O)c2NC1=O. The van der Waals surface area contributed by atoms with Gasteiger partial charge < -0.3 is 15.5 Å². The van der Waals surface area contributed by atoms with Gasteiger partial charge in [-0.05, 0) is 18.1 Å². The van der Waals surface area contributed by atoms with Crippen molar-refractivity contribution in [2.24, 2.45) is 0 Å². The van der Waals surface area contributed by atoms with E-state index in [2.05, 4.69) is 10.6 Å². The highest BCUT2D eigenvalue weighted by Crippen LogP contribution is 2.35. The number of para-hydroxylation sites is 1. The lowest BCUT2D eigenvalue weighted by Crippen LogP contribution is -2.47. The Hall–Kier alpha value is -2.37. The molecule has 1 saturated heterocycles. The number of fused-ring (bicyclic) bond motifs is 1. The Bertz CT molecular complexity index is 627. The van der Waals surface area contributed by atoms with Crippen molar-refractivity contribution in [1.29, 1.82) is 0 Å². The molecule has 2 aliphatic rings. The van der Waals surface area contributed by atoms with Gasteiger partial charge in [0.15, 0.2) is 0 Å². The molecule has 1 fully saturated rings. The molecule has 0 aliphatic carbocycles. The molecule has 1 aromatic rings. The third-order valence-electron chi connectivity index (χ3n) is 3.86. The minimum atomic E-state index is -0.556. The van der Waals surface area contributed by atoms with Crippen molar-refractivity contribution in [3.8, 4) is 0 Å². The average Bonchev–Trinajstić information content (AvgIpc) is 2.85. The average molecular weight is 287 g/mol. The highest BCUT2D eigenvalue weighted by atomic mass is 16.2. The van der Waals surface area contributed by atoms with Gasteiger partial charge in [0.25, 0.3) is 0 Å². The van der Waals surface area contributed by atoms with Crippen LogP contribution in [0.15, 0.2) is 18.2 Å². The second-order valence-corrected chi connectivity index (χ2v) is 5.41. The molecule has 21 heavy (non-hydrogen) atoms. The predicted octanol–water partition coefficient (Wildman–Crippen LogP) is 0.813. The summed E-state index contributed by atoms with van der Waals surface area (Å²) in [4.78, 5) is 36.9. The Morgan fingerprint density at radius 2 is 2.19 bits per heavy atom. The molecular formula is C15H17N3O3. The minimum Gasteiger partial charge on any atom is -0.344 e. The number of carbonyl (C=O) groups excluding carboxylic acids is 3. The normalized spacial score (nSPS) is 21.0. The Kier molecular flexibility index (Phi) is 3.37. The van der Waals surface area contributed by atoms with Gasteiger partial charge in [-0.25, -0.2) is 0 Å². The van der Waals surface area contributed by atoms with Crippen LogP contribution < -0.4 is 15.5 Å². The quantitative estimate of drug-likeness (QED) is 0.845. The van der Waals surface area contributed by atoms with E-state index in [-0.39, 0.29) is 17.7 Å². The van der Waals surface area contributed by atoms with Crippen LogP contribution in [0, 0.1) is 0 Å². The van der Waals surface area contributed by atoms with Gasteiger partial charge in [0, 0.05) is 26.3 Å². The lowest BCUT2D eigenvalue weighted by atomic mass is 9.97. The van der Waals surface area contributed by atoms with Crippen LogP contribution in [0.5, 0.6) is 0 Å². The van der Waals surface area contributed by atoms with Gasteiger partial charge in [-0.3, -0.25) is 14.4 Å². The van der Waals surface area contributed by atoms with E-state index in [1.165, 1.54) is 6.92 Å². The summed E-state index contributed by atoms with van der Waals surface area (Å²) in [6, 6.07) is 5.08. The number of benzene rings is 1. The van der Waals surface area contributed by atoms with Crippen molar-refractivity contribution in [2.75, 3.05) is 16.8 Å².